The van der Waals surface area contributed by atoms with Gasteiger partial charge in [0.25, 0.3) is 0 Å². The highest BCUT2D eigenvalue weighted by Gasteiger charge is 2.26. The van der Waals surface area contributed by atoms with Crippen molar-refractivity contribution >= 4 is 22.2 Å². The van der Waals surface area contributed by atoms with Gasteiger partial charge in [0.05, 0.1) is 17.9 Å². The lowest BCUT2D eigenvalue weighted by Crippen LogP contribution is -2.41. The number of nitrogens with zero attached hydrogens (tertiary/aromatic N) is 2. The van der Waals surface area contributed by atoms with E-state index in [1.165, 1.54) is 6.07 Å². The van der Waals surface area contributed by atoms with E-state index in [2.05, 4.69) is 14.9 Å². The lowest BCUT2D eigenvalue weighted by atomic mass is 10.1. The molecule has 1 aliphatic heterocycles. The number of ether oxygens (including phenoxy) is 1. The van der Waals surface area contributed by atoms with Gasteiger partial charge >= 0.3 is 5.13 Å². The number of pyridine rings is 1. The van der Waals surface area contributed by atoms with E-state index in [1.807, 2.05) is 29.6 Å². The van der Waals surface area contributed by atoms with Crippen molar-refractivity contribution in [1.29, 1.82) is 0 Å². The molecule has 4 rings (SSSR count). The maximum absolute atomic E-state index is 14.3. The van der Waals surface area contributed by atoms with Crippen LogP contribution in [0.25, 0.3) is 11.3 Å². The van der Waals surface area contributed by atoms with Crippen LogP contribution < -0.4 is 9.88 Å². The molecule has 3 aromatic rings. The van der Waals surface area contributed by atoms with E-state index in [1.54, 1.807) is 29.8 Å². The summed E-state index contributed by atoms with van der Waals surface area (Å²) in [4.78, 5) is 4.14. The number of aromatic nitrogens is 2. The second kappa shape index (κ2) is 7.29. The van der Waals surface area contributed by atoms with Crippen LogP contribution in [0.4, 0.5) is 15.2 Å². The van der Waals surface area contributed by atoms with Crippen LogP contribution in [0.5, 0.6) is 0 Å². The molecule has 25 heavy (non-hydrogen) atoms. The molecule has 1 saturated heterocycles. The van der Waals surface area contributed by atoms with Crippen molar-refractivity contribution in [3.8, 4) is 11.3 Å². The van der Waals surface area contributed by atoms with Crippen molar-refractivity contribution in [3.63, 3.8) is 0 Å². The van der Waals surface area contributed by atoms with Gasteiger partial charge in [-0.05, 0) is 37.1 Å². The van der Waals surface area contributed by atoms with Gasteiger partial charge in [0.15, 0.2) is 0 Å². The van der Waals surface area contributed by atoms with Gasteiger partial charge in [-0.3, -0.25) is 4.98 Å². The molecule has 1 aromatic carbocycles. The molecule has 6 heteroatoms. The average Bonchev–Trinajstić information content (AvgIpc) is 3.28. The molecule has 0 aliphatic carbocycles. The number of thiazole rings is 1. The summed E-state index contributed by atoms with van der Waals surface area (Å²) >= 11 is 1.56. The first-order valence-corrected chi connectivity index (χ1v) is 9.24. The third kappa shape index (κ3) is 3.55. The largest absolute Gasteiger partial charge is 0.374 e. The average molecular weight is 356 g/mol. The minimum absolute atomic E-state index is 0.166. The number of anilines is 2. The molecule has 0 radical (unpaired) electrons. The van der Waals surface area contributed by atoms with Crippen LogP contribution in [0.1, 0.15) is 12.8 Å². The van der Waals surface area contributed by atoms with Crippen LogP contribution in [-0.4, -0.2) is 17.7 Å². The second-order valence-corrected chi connectivity index (χ2v) is 6.88. The number of nitrogens with one attached hydrogen (secondary N) is 1. The van der Waals surface area contributed by atoms with E-state index in [-0.39, 0.29) is 11.9 Å². The Labute approximate surface area is 149 Å². The molecular weight excluding hydrogens is 337 g/mol. The van der Waals surface area contributed by atoms with Gasteiger partial charge in [-0.1, -0.05) is 23.5 Å². The Kier molecular flexibility index (Phi) is 4.72. The maximum Gasteiger partial charge on any atom is 0.339 e. The molecule has 0 unspecified atom stereocenters. The normalized spacial score (nSPS) is 16.9. The maximum atomic E-state index is 14.3. The van der Waals surface area contributed by atoms with Gasteiger partial charge in [-0.2, -0.15) is 0 Å². The van der Waals surface area contributed by atoms with E-state index in [0.29, 0.717) is 12.1 Å². The molecular formula is C19H19FN3OS+. The SMILES string of the molecule is Fc1ccccc1-c1csc(Nc2cccnc2)[n+]1C[C@H]1CCCO1. The van der Waals surface area contributed by atoms with E-state index < -0.39 is 0 Å². The van der Waals surface area contributed by atoms with Crippen molar-refractivity contribution in [1.82, 2.24) is 4.98 Å². The topological polar surface area (TPSA) is 38.0 Å². The highest BCUT2D eigenvalue weighted by Crippen LogP contribution is 2.28. The fourth-order valence-corrected chi connectivity index (χ4v) is 4.01. The Bertz CT molecular complexity index is 847. The van der Waals surface area contributed by atoms with Gasteiger partial charge in [0.2, 0.25) is 0 Å². The Hall–Kier alpha value is -2.31. The summed E-state index contributed by atoms with van der Waals surface area (Å²) in [6, 6.07) is 10.7. The zero-order chi connectivity index (χ0) is 17.1. The summed E-state index contributed by atoms with van der Waals surface area (Å²) in [5.74, 6) is -0.214. The summed E-state index contributed by atoms with van der Waals surface area (Å²) in [7, 11) is 0. The number of rotatable bonds is 5. The van der Waals surface area contributed by atoms with Crippen molar-refractivity contribution in [3.05, 3.63) is 60.0 Å². The molecule has 2 aromatic heterocycles. The Balaban J connectivity index is 1.72. The Morgan fingerprint density at radius 3 is 2.96 bits per heavy atom. The number of hydrogen-bond donors (Lipinski definition) is 1. The summed E-state index contributed by atoms with van der Waals surface area (Å²) in [6.07, 6.45) is 5.80. The van der Waals surface area contributed by atoms with Crippen molar-refractivity contribution < 1.29 is 13.7 Å². The molecule has 1 fully saturated rings. The molecule has 1 N–H and O–H groups in total. The van der Waals surface area contributed by atoms with E-state index >= 15 is 0 Å². The van der Waals surface area contributed by atoms with Gasteiger partial charge < -0.3 is 4.74 Å². The van der Waals surface area contributed by atoms with E-state index in [4.69, 9.17) is 4.74 Å². The lowest BCUT2D eigenvalue weighted by molar-refractivity contribution is -0.675. The van der Waals surface area contributed by atoms with Gasteiger partial charge in [0.1, 0.15) is 23.7 Å². The fourth-order valence-electron chi connectivity index (χ4n) is 3.06. The van der Waals surface area contributed by atoms with Gasteiger partial charge in [-0.25, -0.2) is 14.3 Å². The first-order chi connectivity index (χ1) is 12.3. The van der Waals surface area contributed by atoms with E-state index in [9.17, 15) is 4.39 Å². The summed E-state index contributed by atoms with van der Waals surface area (Å²) in [5, 5.41) is 6.34. The third-order valence-corrected chi connectivity index (χ3v) is 5.18. The van der Waals surface area contributed by atoms with Crippen molar-refractivity contribution in [2.45, 2.75) is 25.5 Å². The fraction of sp³-hybridized carbons (Fsp3) is 0.263. The second-order valence-electron chi connectivity index (χ2n) is 6.02. The minimum atomic E-state index is -0.214. The predicted molar refractivity (Wildman–Crippen MR) is 96.4 cm³/mol. The minimum Gasteiger partial charge on any atom is -0.374 e. The van der Waals surface area contributed by atoms with Gasteiger partial charge in [-0.15, -0.1) is 0 Å². The van der Waals surface area contributed by atoms with Crippen molar-refractivity contribution in [2.24, 2.45) is 0 Å². The summed E-state index contributed by atoms with van der Waals surface area (Å²) in [6.45, 7) is 1.51. The molecule has 128 valence electrons. The number of halogens is 1. The summed E-state index contributed by atoms with van der Waals surface area (Å²) < 4.78 is 22.3. The molecule has 0 bridgehead atoms. The quantitative estimate of drug-likeness (QED) is 0.698. The molecule has 3 heterocycles. The zero-order valence-electron chi connectivity index (χ0n) is 13.7. The standard InChI is InChI=1S/C19H18FN3OS/c20-17-8-2-1-7-16(17)18-13-25-19(22-14-5-3-9-21-11-14)23(18)12-15-6-4-10-24-15/h1-3,5,7-9,11,13,15H,4,6,10,12H2/p+1/t15-/m1/s1. The molecule has 1 aliphatic rings. The van der Waals surface area contributed by atoms with Crippen LogP contribution >= 0.6 is 11.3 Å². The van der Waals surface area contributed by atoms with E-state index in [0.717, 1.165) is 36.0 Å². The smallest absolute Gasteiger partial charge is 0.339 e. The molecule has 1 atom stereocenters. The molecule has 0 amide bonds. The summed E-state index contributed by atoms with van der Waals surface area (Å²) in [5.41, 5.74) is 2.38. The molecule has 0 spiro atoms. The monoisotopic (exact) mass is 356 g/mol. The van der Waals surface area contributed by atoms with Crippen LogP contribution in [0.15, 0.2) is 54.2 Å². The molecule has 0 saturated carbocycles. The van der Waals surface area contributed by atoms with Crippen LogP contribution in [-0.2, 0) is 11.3 Å². The Morgan fingerprint density at radius 2 is 2.20 bits per heavy atom. The highest BCUT2D eigenvalue weighted by atomic mass is 32.1. The van der Waals surface area contributed by atoms with Crippen LogP contribution in [0.3, 0.4) is 0 Å². The van der Waals surface area contributed by atoms with Crippen LogP contribution in [0, 0.1) is 5.82 Å². The first kappa shape index (κ1) is 16.2. The van der Waals surface area contributed by atoms with Crippen LogP contribution in [0.2, 0.25) is 0 Å². The zero-order valence-corrected chi connectivity index (χ0v) is 14.5. The third-order valence-electron chi connectivity index (χ3n) is 4.29. The Morgan fingerprint density at radius 1 is 1.28 bits per heavy atom. The predicted octanol–water partition coefficient (Wildman–Crippen LogP) is 4.16. The van der Waals surface area contributed by atoms with Gasteiger partial charge in [0, 0.05) is 18.2 Å². The first-order valence-electron chi connectivity index (χ1n) is 8.36. The molecule has 4 nitrogen and oxygen atoms in total. The lowest BCUT2D eigenvalue weighted by Gasteiger charge is -2.11. The number of hydrogen-bond acceptors (Lipinski definition) is 4. The van der Waals surface area contributed by atoms with Crippen molar-refractivity contribution in [2.75, 3.05) is 11.9 Å². The number of benzene rings is 1. The highest BCUT2D eigenvalue weighted by molar-refractivity contribution is 7.13.